The van der Waals surface area contributed by atoms with Crippen LogP contribution < -0.4 is 10.6 Å². The second-order valence-corrected chi connectivity index (χ2v) is 6.27. The number of hydrogen-bond acceptors (Lipinski definition) is 4. The van der Waals surface area contributed by atoms with E-state index in [1.165, 1.54) is 29.3 Å². The molecule has 0 spiro atoms. The van der Waals surface area contributed by atoms with Crippen LogP contribution in [0.1, 0.15) is 21.5 Å². The van der Waals surface area contributed by atoms with Crippen molar-refractivity contribution in [1.82, 2.24) is 20.5 Å². The van der Waals surface area contributed by atoms with Crippen LogP contribution in [0.3, 0.4) is 0 Å². The summed E-state index contributed by atoms with van der Waals surface area (Å²) in [6.07, 6.45) is 3.11. The third-order valence-electron chi connectivity index (χ3n) is 4.40. The number of amides is 4. The van der Waals surface area contributed by atoms with E-state index in [4.69, 9.17) is 0 Å². The van der Waals surface area contributed by atoms with Crippen molar-refractivity contribution in [2.45, 2.75) is 12.1 Å². The van der Waals surface area contributed by atoms with Crippen molar-refractivity contribution < 1.29 is 18.8 Å². The molecule has 0 aliphatic carbocycles. The summed E-state index contributed by atoms with van der Waals surface area (Å²) in [5.41, 5.74) is -0.135. The molecular weight excluding hydrogens is 351 g/mol. The number of nitrogens with zero attached hydrogens (tertiary/aromatic N) is 2. The number of carbonyl (C=O) groups is 3. The molecule has 1 fully saturated rings. The van der Waals surface area contributed by atoms with E-state index in [1.807, 2.05) is 0 Å². The highest BCUT2D eigenvalue weighted by atomic mass is 19.1. The number of urea groups is 1. The molecule has 4 amide bonds. The lowest BCUT2D eigenvalue weighted by Gasteiger charge is -2.26. The van der Waals surface area contributed by atoms with Crippen molar-refractivity contribution >= 4 is 17.8 Å². The fourth-order valence-electron chi connectivity index (χ4n) is 3.09. The molecule has 134 valence electrons. The minimum Gasteiger partial charge on any atom is -0.330 e. The number of benzene rings is 1. The Morgan fingerprint density at radius 3 is 2.81 bits per heavy atom. The molecule has 2 aliphatic heterocycles. The van der Waals surface area contributed by atoms with Gasteiger partial charge in [0.25, 0.3) is 11.8 Å². The van der Waals surface area contributed by atoms with E-state index in [2.05, 4.69) is 27.5 Å². The summed E-state index contributed by atoms with van der Waals surface area (Å²) < 4.78 is 13.4. The van der Waals surface area contributed by atoms with Gasteiger partial charge in [0.1, 0.15) is 5.82 Å². The lowest BCUT2D eigenvalue weighted by molar-refractivity contribution is -0.122. The first-order chi connectivity index (χ1) is 13.0. The second kappa shape index (κ2) is 6.21. The predicted octanol–water partition coefficient (Wildman–Crippen LogP) is 0.806. The van der Waals surface area contributed by atoms with Gasteiger partial charge in [-0.15, -0.1) is 0 Å². The first-order valence-corrected chi connectivity index (χ1v) is 8.11. The summed E-state index contributed by atoms with van der Waals surface area (Å²) in [6.45, 7) is 0.0425. The molecule has 2 aromatic rings. The van der Waals surface area contributed by atoms with Crippen molar-refractivity contribution in [1.29, 1.82) is 0 Å². The van der Waals surface area contributed by atoms with E-state index in [-0.39, 0.29) is 18.7 Å². The van der Waals surface area contributed by atoms with Gasteiger partial charge in [-0.2, -0.15) is 0 Å². The number of fused-ring (bicyclic) bond motifs is 1. The van der Waals surface area contributed by atoms with Gasteiger partial charge in [-0.25, -0.2) is 9.18 Å². The van der Waals surface area contributed by atoms with Crippen LogP contribution in [0.2, 0.25) is 0 Å². The average Bonchev–Trinajstić information content (AvgIpc) is 3.11. The van der Waals surface area contributed by atoms with Crippen LogP contribution in [0.5, 0.6) is 0 Å². The van der Waals surface area contributed by atoms with Gasteiger partial charge in [0.05, 0.1) is 6.54 Å². The quantitative estimate of drug-likeness (QED) is 0.609. The average molecular weight is 364 g/mol. The van der Waals surface area contributed by atoms with E-state index in [1.54, 1.807) is 18.3 Å². The van der Waals surface area contributed by atoms with Gasteiger partial charge in [0.2, 0.25) is 5.54 Å². The molecule has 2 aliphatic rings. The highest BCUT2D eigenvalue weighted by Crippen LogP contribution is 2.26. The van der Waals surface area contributed by atoms with Gasteiger partial charge in [0, 0.05) is 30.1 Å². The van der Waals surface area contributed by atoms with E-state index in [0.717, 1.165) is 0 Å². The van der Waals surface area contributed by atoms with Crippen molar-refractivity contribution in [3.05, 3.63) is 65.2 Å². The molecule has 3 heterocycles. The Bertz CT molecular complexity index is 1030. The van der Waals surface area contributed by atoms with E-state index >= 15 is 0 Å². The summed E-state index contributed by atoms with van der Waals surface area (Å²) in [5, 5.41) is 4.67. The highest BCUT2D eigenvalue weighted by molar-refractivity contribution is 6.10. The Labute approximate surface area is 153 Å². The molecule has 0 saturated carbocycles. The van der Waals surface area contributed by atoms with E-state index in [9.17, 15) is 18.8 Å². The van der Waals surface area contributed by atoms with Gasteiger partial charge in [0.15, 0.2) is 0 Å². The topological polar surface area (TPSA) is 91.4 Å². The standard InChI is InChI=1S/C19H13FN4O3/c20-14-4-3-13-10-24(16(25)15(13)8-14)11-19(17(26)22-18(27)23-19)6-5-12-2-1-7-21-9-12/h1-4,7-9H,10-11H2,(H2,22,23,26,27)/t19-/m1/s1. The summed E-state index contributed by atoms with van der Waals surface area (Å²) in [4.78, 5) is 42.1. The second-order valence-electron chi connectivity index (χ2n) is 6.27. The third kappa shape index (κ3) is 3.00. The normalized spacial score (nSPS) is 20.6. The van der Waals surface area contributed by atoms with Crippen LogP contribution in [0.4, 0.5) is 9.18 Å². The molecule has 0 bridgehead atoms. The molecule has 2 N–H and O–H groups in total. The minimum atomic E-state index is -1.59. The van der Waals surface area contributed by atoms with Crippen molar-refractivity contribution in [2.24, 2.45) is 0 Å². The van der Waals surface area contributed by atoms with Crippen molar-refractivity contribution in [2.75, 3.05) is 6.54 Å². The number of imide groups is 1. The Morgan fingerprint density at radius 1 is 1.26 bits per heavy atom. The number of pyridine rings is 1. The number of aromatic nitrogens is 1. The molecule has 1 atom stereocenters. The molecule has 27 heavy (non-hydrogen) atoms. The fraction of sp³-hybridized carbons (Fsp3) is 0.158. The molecule has 7 nitrogen and oxygen atoms in total. The monoisotopic (exact) mass is 364 g/mol. The molecule has 4 rings (SSSR count). The zero-order valence-electron chi connectivity index (χ0n) is 14.0. The zero-order chi connectivity index (χ0) is 19.0. The molecule has 0 unspecified atom stereocenters. The summed E-state index contributed by atoms with van der Waals surface area (Å²) in [7, 11) is 0. The van der Waals surface area contributed by atoms with Crippen molar-refractivity contribution in [3.8, 4) is 11.8 Å². The number of carbonyl (C=O) groups excluding carboxylic acids is 3. The molecule has 1 aromatic heterocycles. The van der Waals surface area contributed by atoms with E-state index < -0.39 is 29.2 Å². The predicted molar refractivity (Wildman–Crippen MR) is 91.7 cm³/mol. The number of hydrogen-bond donors (Lipinski definition) is 2. The maximum Gasteiger partial charge on any atom is 0.323 e. The Kier molecular flexibility index (Phi) is 3.85. The van der Waals surface area contributed by atoms with Gasteiger partial charge in [-0.3, -0.25) is 19.9 Å². The summed E-state index contributed by atoms with van der Waals surface area (Å²) in [6, 6.07) is 6.69. The summed E-state index contributed by atoms with van der Waals surface area (Å²) in [5.74, 6) is 4.02. The van der Waals surface area contributed by atoms with Crippen LogP contribution in [-0.4, -0.2) is 39.8 Å². The summed E-state index contributed by atoms with van der Waals surface area (Å²) >= 11 is 0. The molecule has 8 heteroatoms. The molecule has 1 aromatic carbocycles. The minimum absolute atomic E-state index is 0.160. The van der Waals surface area contributed by atoms with Crippen molar-refractivity contribution in [3.63, 3.8) is 0 Å². The van der Waals surface area contributed by atoms with Gasteiger partial charge >= 0.3 is 6.03 Å². The smallest absolute Gasteiger partial charge is 0.323 e. The number of nitrogens with one attached hydrogen (secondary N) is 2. The Hall–Kier alpha value is -3.73. The fourth-order valence-corrected chi connectivity index (χ4v) is 3.09. The lowest BCUT2D eigenvalue weighted by Crippen LogP contribution is -2.54. The van der Waals surface area contributed by atoms with E-state index in [0.29, 0.717) is 11.1 Å². The Morgan fingerprint density at radius 2 is 2.11 bits per heavy atom. The number of rotatable bonds is 2. The largest absolute Gasteiger partial charge is 0.330 e. The van der Waals surface area contributed by atoms with Crippen LogP contribution in [0, 0.1) is 17.7 Å². The van der Waals surface area contributed by atoms with Crippen LogP contribution in [-0.2, 0) is 11.3 Å². The highest BCUT2D eigenvalue weighted by Gasteiger charge is 2.48. The Balaban J connectivity index is 1.66. The first kappa shape index (κ1) is 16.7. The van der Waals surface area contributed by atoms with Crippen LogP contribution >= 0.6 is 0 Å². The molecular formula is C19H13FN4O3. The van der Waals surface area contributed by atoms with Crippen LogP contribution in [0.25, 0.3) is 0 Å². The lowest BCUT2D eigenvalue weighted by atomic mass is 9.99. The first-order valence-electron chi connectivity index (χ1n) is 8.11. The van der Waals surface area contributed by atoms with Gasteiger partial charge < -0.3 is 10.2 Å². The van der Waals surface area contributed by atoms with Crippen LogP contribution in [0.15, 0.2) is 42.7 Å². The molecule has 0 radical (unpaired) electrons. The zero-order valence-corrected chi connectivity index (χ0v) is 14.0. The SMILES string of the molecule is O=C1NC(=O)[C@@](C#Cc2cccnc2)(CN2Cc3ccc(F)cc3C2=O)N1. The maximum atomic E-state index is 13.4. The number of halogens is 1. The molecule has 1 saturated heterocycles. The third-order valence-corrected chi connectivity index (χ3v) is 4.40. The van der Waals surface area contributed by atoms with Gasteiger partial charge in [-0.1, -0.05) is 17.9 Å². The van der Waals surface area contributed by atoms with Gasteiger partial charge in [-0.05, 0) is 29.8 Å². The maximum absolute atomic E-state index is 13.4.